The summed E-state index contributed by atoms with van der Waals surface area (Å²) in [6.07, 6.45) is 0.727. The van der Waals surface area contributed by atoms with Crippen LogP contribution in [0.2, 0.25) is 0 Å². The van der Waals surface area contributed by atoms with E-state index >= 15 is 0 Å². The van der Waals surface area contributed by atoms with Gasteiger partial charge in [0.1, 0.15) is 5.82 Å². The van der Waals surface area contributed by atoms with Crippen LogP contribution in [0.1, 0.15) is 30.6 Å². The number of anilines is 1. The molecule has 0 N–H and O–H groups in total. The zero-order valence-electron chi connectivity index (χ0n) is 20.5. The lowest BCUT2D eigenvalue weighted by atomic mass is 10.2. The van der Waals surface area contributed by atoms with Crippen LogP contribution in [-0.2, 0) is 14.8 Å². The van der Waals surface area contributed by atoms with E-state index in [-0.39, 0.29) is 16.6 Å². The van der Waals surface area contributed by atoms with Crippen LogP contribution in [0.15, 0.2) is 47.4 Å². The van der Waals surface area contributed by atoms with Crippen molar-refractivity contribution < 1.29 is 22.3 Å². The van der Waals surface area contributed by atoms with Gasteiger partial charge in [-0.2, -0.15) is 4.31 Å². The highest BCUT2D eigenvalue weighted by Crippen LogP contribution is 2.30. The summed E-state index contributed by atoms with van der Waals surface area (Å²) in [5.74, 6) is -0.629. The Kier molecular flexibility index (Phi) is 8.68. The van der Waals surface area contributed by atoms with Gasteiger partial charge in [0.2, 0.25) is 10.0 Å². The number of carbonyl (C=O) groups is 1. The third kappa shape index (κ3) is 5.92. The van der Waals surface area contributed by atoms with Gasteiger partial charge < -0.3 is 4.74 Å². The van der Waals surface area contributed by atoms with Crippen LogP contribution in [0, 0.1) is 5.82 Å². The fourth-order valence-electron chi connectivity index (χ4n) is 4.20. The summed E-state index contributed by atoms with van der Waals surface area (Å²) in [5.41, 5.74) is 0.994. The number of halogens is 1. The molecule has 1 aliphatic rings. The number of hydrogen-bond donors (Lipinski definition) is 0. The number of morpholine rings is 1. The van der Waals surface area contributed by atoms with Crippen molar-refractivity contribution in [3.8, 4) is 0 Å². The molecule has 194 valence electrons. The van der Waals surface area contributed by atoms with Crippen molar-refractivity contribution in [3.63, 3.8) is 0 Å². The Morgan fingerprint density at radius 3 is 2.47 bits per heavy atom. The lowest BCUT2D eigenvalue weighted by Crippen LogP contribution is -2.39. The molecule has 0 saturated carbocycles. The van der Waals surface area contributed by atoms with Gasteiger partial charge in [0.25, 0.3) is 5.91 Å². The van der Waals surface area contributed by atoms with E-state index in [2.05, 4.69) is 9.88 Å². The van der Waals surface area contributed by atoms with Crippen LogP contribution in [0.4, 0.5) is 9.52 Å². The summed E-state index contributed by atoms with van der Waals surface area (Å²) in [5, 5.41) is 0.488. The van der Waals surface area contributed by atoms with Gasteiger partial charge in [0, 0.05) is 44.8 Å². The number of benzene rings is 2. The van der Waals surface area contributed by atoms with Crippen molar-refractivity contribution in [1.29, 1.82) is 0 Å². The smallest absolute Gasteiger partial charge is 0.260 e. The molecular weight excluding hydrogens is 503 g/mol. The second-order valence-corrected chi connectivity index (χ2v) is 11.4. The quantitative estimate of drug-likeness (QED) is 0.393. The minimum absolute atomic E-state index is 0.150. The summed E-state index contributed by atoms with van der Waals surface area (Å²) in [6, 6.07) is 10.4. The molecule has 1 saturated heterocycles. The van der Waals surface area contributed by atoms with Gasteiger partial charge >= 0.3 is 0 Å². The molecule has 0 radical (unpaired) electrons. The van der Waals surface area contributed by atoms with E-state index in [1.54, 1.807) is 36.9 Å². The van der Waals surface area contributed by atoms with E-state index in [1.165, 1.54) is 39.9 Å². The van der Waals surface area contributed by atoms with E-state index in [1.807, 2.05) is 0 Å². The zero-order valence-corrected chi connectivity index (χ0v) is 22.2. The molecule has 8 nitrogen and oxygen atoms in total. The molecule has 0 bridgehead atoms. The first kappa shape index (κ1) is 26.6. The molecule has 0 spiro atoms. The third-order valence-electron chi connectivity index (χ3n) is 6.22. The summed E-state index contributed by atoms with van der Waals surface area (Å²) in [4.78, 5) is 22.2. The van der Waals surface area contributed by atoms with Crippen LogP contribution in [0.3, 0.4) is 0 Å². The maximum absolute atomic E-state index is 13.8. The van der Waals surface area contributed by atoms with Gasteiger partial charge in [-0.1, -0.05) is 25.2 Å². The minimum atomic E-state index is -3.62. The monoisotopic (exact) mass is 534 g/mol. The molecule has 36 heavy (non-hydrogen) atoms. The highest BCUT2D eigenvalue weighted by Gasteiger charge is 2.25. The van der Waals surface area contributed by atoms with Crippen LogP contribution in [-0.4, -0.2) is 81.0 Å². The molecular formula is C25H31FN4O4S2. The van der Waals surface area contributed by atoms with Crippen LogP contribution in [0.5, 0.6) is 0 Å². The van der Waals surface area contributed by atoms with Crippen molar-refractivity contribution in [3.05, 3.63) is 53.8 Å². The first-order valence-electron chi connectivity index (χ1n) is 12.1. The molecule has 1 aromatic heterocycles. The van der Waals surface area contributed by atoms with Crippen molar-refractivity contribution in [2.45, 2.75) is 25.2 Å². The fourth-order valence-corrected chi connectivity index (χ4v) is 6.67. The number of hydrogen-bond acceptors (Lipinski definition) is 7. The Balaban J connectivity index is 1.58. The number of thiazole rings is 1. The minimum Gasteiger partial charge on any atom is -0.379 e. The number of sulfonamides is 1. The number of rotatable bonds is 10. The average Bonchev–Trinajstić information content (AvgIpc) is 3.30. The number of carbonyl (C=O) groups excluding carboxylic acids is 1. The van der Waals surface area contributed by atoms with Gasteiger partial charge in [-0.25, -0.2) is 17.8 Å². The van der Waals surface area contributed by atoms with Crippen LogP contribution in [0.25, 0.3) is 10.2 Å². The number of nitrogens with zero attached hydrogens (tertiary/aromatic N) is 4. The molecule has 2 aromatic carbocycles. The molecule has 0 aliphatic carbocycles. The molecule has 11 heteroatoms. The summed E-state index contributed by atoms with van der Waals surface area (Å²) in [7, 11) is -3.62. The van der Waals surface area contributed by atoms with Crippen LogP contribution < -0.4 is 4.90 Å². The maximum Gasteiger partial charge on any atom is 0.260 e. The Labute approximate surface area is 215 Å². The molecule has 1 aliphatic heterocycles. The standard InChI is InChI=1S/C25H31FN4O4S2/c1-3-29(4-2)36(32,33)21-9-6-19(7-10-21)24(31)30(13-5-12-28-14-16-34-17-15-28)25-27-22-11-8-20(26)18-23(22)35-25/h6-11,18H,3-5,12-17H2,1-2H3. The molecule has 0 unspecified atom stereocenters. The molecule has 1 fully saturated rings. The van der Waals surface area contributed by atoms with Crippen molar-refractivity contribution in [2.75, 3.05) is 57.4 Å². The number of ether oxygens (including phenoxy) is 1. The van der Waals surface area contributed by atoms with Crippen molar-refractivity contribution >= 4 is 42.6 Å². The Morgan fingerprint density at radius 2 is 1.81 bits per heavy atom. The molecule has 4 rings (SSSR count). The predicted molar refractivity (Wildman–Crippen MR) is 140 cm³/mol. The number of aromatic nitrogens is 1. The van der Waals surface area contributed by atoms with Crippen molar-refractivity contribution in [1.82, 2.24) is 14.2 Å². The Hall–Kier alpha value is -2.44. The normalized spacial score (nSPS) is 15.0. The SMILES string of the molecule is CCN(CC)S(=O)(=O)c1ccc(C(=O)N(CCCN2CCOCC2)c2nc3ccc(F)cc3s2)cc1. The van der Waals surface area contributed by atoms with E-state index in [0.717, 1.165) is 26.1 Å². The van der Waals surface area contributed by atoms with E-state index in [0.29, 0.717) is 53.8 Å². The van der Waals surface area contributed by atoms with E-state index < -0.39 is 10.0 Å². The first-order chi connectivity index (χ1) is 17.3. The van der Waals surface area contributed by atoms with Gasteiger partial charge in [-0.3, -0.25) is 14.6 Å². The molecule has 0 atom stereocenters. The summed E-state index contributed by atoms with van der Waals surface area (Å²) < 4.78 is 46.9. The summed E-state index contributed by atoms with van der Waals surface area (Å²) in [6.45, 7) is 8.68. The lowest BCUT2D eigenvalue weighted by molar-refractivity contribution is 0.0376. The fraction of sp³-hybridized carbons (Fsp3) is 0.440. The van der Waals surface area contributed by atoms with Gasteiger partial charge in [0.05, 0.1) is 28.3 Å². The molecule has 3 aromatic rings. The third-order valence-corrected chi connectivity index (χ3v) is 9.32. The van der Waals surface area contributed by atoms with Crippen molar-refractivity contribution in [2.24, 2.45) is 0 Å². The highest BCUT2D eigenvalue weighted by atomic mass is 32.2. The Bertz CT molecular complexity index is 1290. The van der Waals surface area contributed by atoms with E-state index in [4.69, 9.17) is 4.74 Å². The largest absolute Gasteiger partial charge is 0.379 e. The zero-order chi connectivity index (χ0) is 25.7. The topological polar surface area (TPSA) is 83.1 Å². The summed E-state index contributed by atoms with van der Waals surface area (Å²) >= 11 is 1.26. The molecule has 1 amide bonds. The second-order valence-electron chi connectivity index (χ2n) is 8.49. The Morgan fingerprint density at radius 1 is 1.11 bits per heavy atom. The lowest BCUT2D eigenvalue weighted by Gasteiger charge is -2.27. The molecule has 2 heterocycles. The maximum atomic E-state index is 13.8. The average molecular weight is 535 g/mol. The number of fused-ring (bicyclic) bond motifs is 1. The first-order valence-corrected chi connectivity index (χ1v) is 14.4. The number of amides is 1. The second kappa shape index (κ2) is 11.7. The highest BCUT2D eigenvalue weighted by molar-refractivity contribution is 7.89. The van der Waals surface area contributed by atoms with Gasteiger partial charge in [-0.05, 0) is 48.9 Å². The van der Waals surface area contributed by atoms with Crippen LogP contribution >= 0.6 is 11.3 Å². The predicted octanol–water partition coefficient (Wildman–Crippen LogP) is 3.84. The van der Waals surface area contributed by atoms with Gasteiger partial charge in [-0.15, -0.1) is 0 Å². The van der Waals surface area contributed by atoms with Gasteiger partial charge in [0.15, 0.2) is 5.13 Å². The van der Waals surface area contributed by atoms with E-state index in [9.17, 15) is 17.6 Å².